The quantitative estimate of drug-likeness (QED) is 0.720. The first-order valence-electron chi connectivity index (χ1n) is 5.95. The van der Waals surface area contributed by atoms with E-state index in [0.29, 0.717) is 6.42 Å². The van der Waals surface area contributed by atoms with E-state index in [4.69, 9.17) is 5.73 Å². The fraction of sp³-hybridized carbons (Fsp3) is 0.833. The number of nitrogens with one attached hydrogen (secondary N) is 1. The van der Waals surface area contributed by atoms with Crippen LogP contribution in [-0.4, -0.2) is 29.4 Å². The lowest BCUT2D eigenvalue weighted by Gasteiger charge is -2.30. The Kier molecular flexibility index (Phi) is 5.61. The van der Waals surface area contributed by atoms with E-state index < -0.39 is 5.54 Å². The van der Waals surface area contributed by atoms with Crippen molar-refractivity contribution in [3.8, 4) is 0 Å². The first-order chi connectivity index (χ1) is 7.59. The van der Waals surface area contributed by atoms with Crippen LogP contribution in [0.4, 0.5) is 0 Å². The van der Waals surface area contributed by atoms with Crippen LogP contribution >= 0.6 is 0 Å². The van der Waals surface area contributed by atoms with Gasteiger partial charge in [-0.25, -0.2) is 0 Å². The molecule has 1 atom stereocenters. The summed E-state index contributed by atoms with van der Waals surface area (Å²) in [5, 5.41) is 1.22. The minimum Gasteiger partial charge on any atom is -0.317 e. The third-order valence-corrected chi connectivity index (χ3v) is 2.91. The van der Waals surface area contributed by atoms with E-state index in [0.717, 1.165) is 0 Å². The lowest BCUT2D eigenvalue weighted by Crippen LogP contribution is -2.59. The normalized spacial score (nSPS) is 14.6. The van der Waals surface area contributed by atoms with Gasteiger partial charge < -0.3 is 5.73 Å². The standard InChI is InChI=1S/C12H25N3O2/c1-8(2)7-10(16)15(6)14-11(17)12(5,13)9(3)4/h8-9H,7,13H2,1-6H3,(H,14,17). The Morgan fingerprint density at radius 2 is 1.76 bits per heavy atom. The Hall–Kier alpha value is -1.10. The fourth-order valence-electron chi connectivity index (χ4n) is 1.08. The number of carbonyl (C=O) groups is 2. The molecule has 0 bridgehead atoms. The van der Waals surface area contributed by atoms with E-state index in [1.54, 1.807) is 14.0 Å². The molecule has 100 valence electrons. The SMILES string of the molecule is CC(C)CC(=O)N(C)NC(=O)C(C)(N)C(C)C. The highest BCUT2D eigenvalue weighted by atomic mass is 16.2. The predicted molar refractivity (Wildman–Crippen MR) is 67.8 cm³/mol. The summed E-state index contributed by atoms with van der Waals surface area (Å²) in [6, 6.07) is 0. The lowest BCUT2D eigenvalue weighted by atomic mass is 9.89. The summed E-state index contributed by atoms with van der Waals surface area (Å²) in [5.74, 6) is -0.202. The maximum atomic E-state index is 11.9. The largest absolute Gasteiger partial charge is 0.317 e. The molecule has 0 fully saturated rings. The van der Waals surface area contributed by atoms with Crippen LogP contribution in [0, 0.1) is 11.8 Å². The molecule has 5 heteroatoms. The van der Waals surface area contributed by atoms with E-state index in [1.807, 2.05) is 27.7 Å². The highest BCUT2D eigenvalue weighted by Gasteiger charge is 2.33. The highest BCUT2D eigenvalue weighted by molar-refractivity contribution is 5.88. The highest BCUT2D eigenvalue weighted by Crippen LogP contribution is 2.13. The van der Waals surface area contributed by atoms with E-state index in [1.165, 1.54) is 5.01 Å². The maximum absolute atomic E-state index is 11.9. The zero-order valence-corrected chi connectivity index (χ0v) is 11.7. The van der Waals surface area contributed by atoms with Gasteiger partial charge in [-0.2, -0.15) is 0 Å². The van der Waals surface area contributed by atoms with E-state index >= 15 is 0 Å². The molecule has 0 aromatic heterocycles. The summed E-state index contributed by atoms with van der Waals surface area (Å²) < 4.78 is 0. The molecule has 0 aliphatic heterocycles. The Labute approximate surface area is 104 Å². The van der Waals surface area contributed by atoms with Crippen molar-refractivity contribution in [1.82, 2.24) is 10.4 Å². The summed E-state index contributed by atoms with van der Waals surface area (Å²) in [5.41, 5.74) is 7.45. The molecule has 0 rings (SSSR count). The third kappa shape index (κ3) is 4.73. The second kappa shape index (κ2) is 6.00. The molecule has 0 aromatic carbocycles. The lowest BCUT2D eigenvalue weighted by molar-refractivity contribution is -0.143. The van der Waals surface area contributed by atoms with Crippen molar-refractivity contribution in [2.45, 2.75) is 46.6 Å². The van der Waals surface area contributed by atoms with Crippen molar-refractivity contribution in [2.24, 2.45) is 17.6 Å². The molecule has 0 spiro atoms. The molecule has 0 aliphatic carbocycles. The van der Waals surface area contributed by atoms with Crippen LogP contribution in [0.3, 0.4) is 0 Å². The molecule has 3 N–H and O–H groups in total. The number of hydrazine groups is 1. The Balaban J connectivity index is 4.44. The summed E-state index contributed by atoms with van der Waals surface area (Å²) >= 11 is 0. The van der Waals surface area contributed by atoms with Crippen molar-refractivity contribution in [2.75, 3.05) is 7.05 Å². The Bertz CT molecular complexity index is 285. The molecular weight excluding hydrogens is 218 g/mol. The van der Waals surface area contributed by atoms with Gasteiger partial charge in [-0.15, -0.1) is 0 Å². The summed E-state index contributed by atoms with van der Waals surface area (Å²) in [4.78, 5) is 23.5. The van der Waals surface area contributed by atoms with E-state index in [9.17, 15) is 9.59 Å². The number of nitrogens with zero attached hydrogens (tertiary/aromatic N) is 1. The van der Waals surface area contributed by atoms with Gasteiger partial charge in [0.15, 0.2) is 0 Å². The fourth-order valence-corrected chi connectivity index (χ4v) is 1.08. The summed E-state index contributed by atoms with van der Waals surface area (Å²) in [6.07, 6.45) is 0.403. The molecular formula is C12H25N3O2. The average Bonchev–Trinajstić information content (AvgIpc) is 2.15. The minimum absolute atomic E-state index is 0.00361. The summed E-state index contributed by atoms with van der Waals surface area (Å²) in [7, 11) is 1.54. The zero-order valence-electron chi connectivity index (χ0n) is 11.7. The molecule has 0 aromatic rings. The second-order valence-corrected chi connectivity index (χ2v) is 5.43. The zero-order chi connectivity index (χ0) is 13.8. The molecule has 0 aliphatic rings. The van der Waals surface area contributed by atoms with Crippen LogP contribution in [0.1, 0.15) is 41.0 Å². The molecule has 5 nitrogen and oxygen atoms in total. The van der Waals surface area contributed by atoms with Crippen LogP contribution in [-0.2, 0) is 9.59 Å². The average molecular weight is 243 g/mol. The first-order valence-corrected chi connectivity index (χ1v) is 5.95. The van der Waals surface area contributed by atoms with Gasteiger partial charge in [0.25, 0.3) is 5.91 Å². The van der Waals surface area contributed by atoms with Crippen molar-refractivity contribution in [1.29, 1.82) is 0 Å². The Morgan fingerprint density at radius 3 is 2.12 bits per heavy atom. The number of nitrogens with two attached hydrogens (primary N) is 1. The Morgan fingerprint density at radius 1 is 1.29 bits per heavy atom. The smallest absolute Gasteiger partial charge is 0.258 e. The molecule has 0 saturated carbocycles. The number of amides is 2. The van der Waals surface area contributed by atoms with Crippen molar-refractivity contribution in [3.05, 3.63) is 0 Å². The van der Waals surface area contributed by atoms with E-state index in [-0.39, 0.29) is 23.7 Å². The van der Waals surface area contributed by atoms with Crippen molar-refractivity contribution >= 4 is 11.8 Å². The first kappa shape index (κ1) is 15.9. The van der Waals surface area contributed by atoms with Crippen LogP contribution < -0.4 is 11.2 Å². The van der Waals surface area contributed by atoms with Gasteiger partial charge in [0.1, 0.15) is 0 Å². The summed E-state index contributed by atoms with van der Waals surface area (Å²) in [6.45, 7) is 9.31. The van der Waals surface area contributed by atoms with Gasteiger partial charge in [0.05, 0.1) is 5.54 Å². The van der Waals surface area contributed by atoms with E-state index in [2.05, 4.69) is 5.43 Å². The minimum atomic E-state index is -0.980. The van der Waals surface area contributed by atoms with Gasteiger partial charge in [-0.05, 0) is 18.8 Å². The number of hydrogen-bond acceptors (Lipinski definition) is 3. The molecule has 0 heterocycles. The molecule has 17 heavy (non-hydrogen) atoms. The number of rotatable bonds is 4. The second-order valence-electron chi connectivity index (χ2n) is 5.43. The predicted octanol–water partition coefficient (Wildman–Crippen LogP) is 0.896. The van der Waals surface area contributed by atoms with Gasteiger partial charge >= 0.3 is 0 Å². The number of carbonyl (C=O) groups excluding carboxylic acids is 2. The topological polar surface area (TPSA) is 75.4 Å². The molecule has 0 saturated heterocycles. The van der Waals surface area contributed by atoms with Gasteiger partial charge in [-0.1, -0.05) is 27.7 Å². The van der Waals surface area contributed by atoms with Crippen LogP contribution in [0.2, 0.25) is 0 Å². The van der Waals surface area contributed by atoms with Gasteiger partial charge in [-0.3, -0.25) is 20.0 Å². The van der Waals surface area contributed by atoms with Crippen LogP contribution in [0.25, 0.3) is 0 Å². The van der Waals surface area contributed by atoms with Crippen molar-refractivity contribution in [3.63, 3.8) is 0 Å². The molecule has 1 unspecified atom stereocenters. The number of hydrogen-bond donors (Lipinski definition) is 2. The van der Waals surface area contributed by atoms with Gasteiger partial charge in [0.2, 0.25) is 5.91 Å². The van der Waals surface area contributed by atoms with Crippen LogP contribution in [0.5, 0.6) is 0 Å². The monoisotopic (exact) mass is 243 g/mol. The van der Waals surface area contributed by atoms with Crippen molar-refractivity contribution < 1.29 is 9.59 Å². The molecule has 0 radical (unpaired) electrons. The van der Waals surface area contributed by atoms with Crippen LogP contribution in [0.15, 0.2) is 0 Å². The third-order valence-electron chi connectivity index (χ3n) is 2.91. The molecule has 2 amide bonds. The van der Waals surface area contributed by atoms with Gasteiger partial charge in [0, 0.05) is 13.5 Å². The maximum Gasteiger partial charge on any atom is 0.258 e.